The van der Waals surface area contributed by atoms with Gasteiger partial charge in [-0.25, -0.2) is 0 Å². The number of aromatic nitrogens is 2. The average molecular weight is 199 g/mol. The lowest BCUT2D eigenvalue weighted by Crippen LogP contribution is -1.93. The Morgan fingerprint density at radius 1 is 1.40 bits per heavy atom. The van der Waals surface area contributed by atoms with Crippen LogP contribution < -0.4 is 0 Å². The fraction of sp³-hybridized carbons (Fsp3) is 0.167. The van der Waals surface area contributed by atoms with Gasteiger partial charge in [0.25, 0.3) is 0 Å². The number of aryl methyl sites for hydroxylation is 1. The van der Waals surface area contributed by atoms with Gasteiger partial charge in [0.05, 0.1) is 12.2 Å². The van der Waals surface area contributed by atoms with Gasteiger partial charge in [-0.1, -0.05) is 6.07 Å². The quantitative estimate of drug-likeness (QED) is 0.696. The van der Waals surface area contributed by atoms with E-state index in [-0.39, 0.29) is 0 Å². The maximum Gasteiger partial charge on any atom is 0.0655 e. The molecule has 0 saturated heterocycles. The topological polar surface area (TPSA) is 30.2 Å². The first-order chi connectivity index (χ1) is 7.36. The Morgan fingerprint density at radius 3 is 3.00 bits per heavy atom. The summed E-state index contributed by atoms with van der Waals surface area (Å²) in [6.07, 6.45) is 7.49. The van der Waals surface area contributed by atoms with Crippen LogP contribution in [0.3, 0.4) is 0 Å². The van der Waals surface area contributed by atoms with Crippen molar-refractivity contribution in [2.24, 2.45) is 12.0 Å². The molecule has 2 aromatic rings. The minimum Gasteiger partial charge on any atom is -0.350 e. The molecule has 0 spiro atoms. The van der Waals surface area contributed by atoms with Crippen LogP contribution in [-0.2, 0) is 13.6 Å². The number of aliphatic imine (C=N–C) groups is 1. The highest BCUT2D eigenvalue weighted by molar-refractivity contribution is 5.77. The molecule has 0 atom stereocenters. The fourth-order valence-corrected chi connectivity index (χ4v) is 1.34. The van der Waals surface area contributed by atoms with Gasteiger partial charge in [-0.05, 0) is 23.8 Å². The molecular formula is C12H13N3. The summed E-state index contributed by atoms with van der Waals surface area (Å²) in [6, 6.07) is 7.99. The minimum atomic E-state index is 0.680. The Hall–Kier alpha value is -1.90. The summed E-state index contributed by atoms with van der Waals surface area (Å²) >= 11 is 0. The highest BCUT2D eigenvalue weighted by Crippen LogP contribution is 1.99. The Kier molecular flexibility index (Phi) is 2.93. The van der Waals surface area contributed by atoms with Gasteiger partial charge in [0, 0.05) is 31.9 Å². The second kappa shape index (κ2) is 4.55. The lowest BCUT2D eigenvalue weighted by Gasteiger charge is -1.96. The van der Waals surface area contributed by atoms with E-state index in [4.69, 9.17) is 0 Å². The summed E-state index contributed by atoms with van der Waals surface area (Å²) in [5, 5.41) is 0. The Balaban J connectivity index is 2.00. The zero-order valence-corrected chi connectivity index (χ0v) is 8.67. The van der Waals surface area contributed by atoms with E-state index in [0.717, 1.165) is 11.3 Å². The second-order valence-corrected chi connectivity index (χ2v) is 3.38. The molecule has 0 aromatic carbocycles. The third-order valence-electron chi connectivity index (χ3n) is 2.20. The third-order valence-corrected chi connectivity index (χ3v) is 2.20. The average Bonchev–Trinajstić information content (AvgIpc) is 2.66. The summed E-state index contributed by atoms with van der Waals surface area (Å²) in [7, 11) is 2.01. The van der Waals surface area contributed by atoms with E-state index in [0.29, 0.717) is 6.54 Å². The molecule has 0 N–H and O–H groups in total. The zero-order chi connectivity index (χ0) is 10.5. The zero-order valence-electron chi connectivity index (χ0n) is 8.67. The smallest absolute Gasteiger partial charge is 0.0655 e. The van der Waals surface area contributed by atoms with Crippen LogP contribution in [0, 0.1) is 0 Å². The lowest BCUT2D eigenvalue weighted by atomic mass is 10.3. The Labute approximate surface area is 89.1 Å². The van der Waals surface area contributed by atoms with E-state index in [2.05, 4.69) is 9.98 Å². The number of rotatable bonds is 3. The first-order valence-corrected chi connectivity index (χ1v) is 4.86. The first-order valence-electron chi connectivity index (χ1n) is 4.86. The van der Waals surface area contributed by atoms with Crippen LogP contribution in [0.5, 0.6) is 0 Å². The summed E-state index contributed by atoms with van der Waals surface area (Å²) in [5.74, 6) is 0. The largest absolute Gasteiger partial charge is 0.350 e. The van der Waals surface area contributed by atoms with Gasteiger partial charge < -0.3 is 4.57 Å². The molecule has 0 unspecified atom stereocenters. The van der Waals surface area contributed by atoms with E-state index in [1.807, 2.05) is 54.5 Å². The van der Waals surface area contributed by atoms with Gasteiger partial charge in [-0.3, -0.25) is 9.98 Å². The van der Waals surface area contributed by atoms with Crippen molar-refractivity contribution in [1.82, 2.24) is 9.55 Å². The van der Waals surface area contributed by atoms with Crippen molar-refractivity contribution in [3.8, 4) is 0 Å². The molecule has 0 aliphatic carbocycles. The first kappa shape index (κ1) is 9.65. The van der Waals surface area contributed by atoms with Crippen molar-refractivity contribution in [2.45, 2.75) is 6.54 Å². The van der Waals surface area contributed by atoms with Crippen LogP contribution in [0.2, 0.25) is 0 Å². The van der Waals surface area contributed by atoms with Crippen molar-refractivity contribution in [3.05, 3.63) is 54.1 Å². The van der Waals surface area contributed by atoms with Gasteiger partial charge in [-0.2, -0.15) is 0 Å². The SMILES string of the molecule is Cn1cccc1C=NCc1cccnc1. The van der Waals surface area contributed by atoms with Crippen molar-refractivity contribution >= 4 is 6.21 Å². The van der Waals surface area contributed by atoms with E-state index in [1.165, 1.54) is 0 Å². The van der Waals surface area contributed by atoms with E-state index in [9.17, 15) is 0 Å². The van der Waals surface area contributed by atoms with Gasteiger partial charge in [-0.15, -0.1) is 0 Å². The summed E-state index contributed by atoms with van der Waals surface area (Å²) < 4.78 is 2.03. The van der Waals surface area contributed by atoms with Crippen molar-refractivity contribution in [1.29, 1.82) is 0 Å². The molecule has 15 heavy (non-hydrogen) atoms. The van der Waals surface area contributed by atoms with E-state index < -0.39 is 0 Å². The highest BCUT2D eigenvalue weighted by Gasteiger charge is 1.91. The van der Waals surface area contributed by atoms with Crippen LogP contribution in [0.25, 0.3) is 0 Å². The number of nitrogens with zero attached hydrogens (tertiary/aromatic N) is 3. The molecular weight excluding hydrogens is 186 g/mol. The molecule has 2 rings (SSSR count). The van der Waals surface area contributed by atoms with E-state index >= 15 is 0 Å². The van der Waals surface area contributed by atoms with Crippen LogP contribution in [0.1, 0.15) is 11.3 Å². The molecule has 0 bridgehead atoms. The van der Waals surface area contributed by atoms with Gasteiger partial charge in [0.15, 0.2) is 0 Å². The third kappa shape index (κ3) is 2.53. The molecule has 76 valence electrons. The normalized spacial score (nSPS) is 11.0. The molecule has 3 nitrogen and oxygen atoms in total. The number of hydrogen-bond donors (Lipinski definition) is 0. The predicted octanol–water partition coefficient (Wildman–Crippen LogP) is 2.04. The molecule has 2 aromatic heterocycles. The molecule has 0 radical (unpaired) electrons. The van der Waals surface area contributed by atoms with E-state index in [1.54, 1.807) is 6.20 Å². The van der Waals surface area contributed by atoms with Crippen LogP contribution in [0.4, 0.5) is 0 Å². The number of hydrogen-bond acceptors (Lipinski definition) is 2. The Morgan fingerprint density at radius 2 is 2.33 bits per heavy atom. The molecule has 2 heterocycles. The molecule has 0 saturated carbocycles. The van der Waals surface area contributed by atoms with Gasteiger partial charge in [0.1, 0.15) is 0 Å². The van der Waals surface area contributed by atoms with Gasteiger partial charge >= 0.3 is 0 Å². The number of pyridine rings is 1. The predicted molar refractivity (Wildman–Crippen MR) is 60.9 cm³/mol. The molecule has 0 aliphatic heterocycles. The maximum atomic E-state index is 4.36. The van der Waals surface area contributed by atoms with Crippen molar-refractivity contribution in [3.63, 3.8) is 0 Å². The van der Waals surface area contributed by atoms with Crippen molar-refractivity contribution in [2.75, 3.05) is 0 Å². The highest BCUT2D eigenvalue weighted by atomic mass is 14.9. The minimum absolute atomic E-state index is 0.680. The van der Waals surface area contributed by atoms with Crippen LogP contribution in [-0.4, -0.2) is 15.8 Å². The van der Waals surface area contributed by atoms with Crippen LogP contribution in [0.15, 0.2) is 47.8 Å². The second-order valence-electron chi connectivity index (χ2n) is 3.38. The lowest BCUT2D eigenvalue weighted by molar-refractivity contribution is 0.915. The molecule has 0 fully saturated rings. The maximum absolute atomic E-state index is 4.36. The monoisotopic (exact) mass is 199 g/mol. The summed E-state index contributed by atoms with van der Waals surface area (Å²) in [5.41, 5.74) is 2.24. The molecule has 0 aliphatic rings. The molecule has 3 heteroatoms. The standard InChI is InChI=1S/C12H13N3/c1-15-7-3-5-12(15)10-14-9-11-4-2-6-13-8-11/h2-8,10H,9H2,1H3. The summed E-state index contributed by atoms with van der Waals surface area (Å²) in [6.45, 7) is 0.680. The van der Waals surface area contributed by atoms with Crippen LogP contribution >= 0.6 is 0 Å². The van der Waals surface area contributed by atoms with Gasteiger partial charge in [0.2, 0.25) is 0 Å². The molecule has 0 amide bonds. The summed E-state index contributed by atoms with van der Waals surface area (Å²) in [4.78, 5) is 8.40. The fourth-order valence-electron chi connectivity index (χ4n) is 1.34. The van der Waals surface area contributed by atoms with Crippen molar-refractivity contribution < 1.29 is 0 Å². The Bertz CT molecular complexity index is 443.